The van der Waals surface area contributed by atoms with Crippen molar-refractivity contribution < 1.29 is 23.8 Å². The lowest BCUT2D eigenvalue weighted by atomic mass is 10.1. The second-order valence-corrected chi connectivity index (χ2v) is 7.72. The highest BCUT2D eigenvalue weighted by Crippen LogP contribution is 2.37. The first kappa shape index (κ1) is 22.3. The molecule has 3 aromatic carbocycles. The number of rotatable bonds is 7. The fourth-order valence-corrected chi connectivity index (χ4v) is 3.47. The zero-order chi connectivity index (χ0) is 23.4. The summed E-state index contributed by atoms with van der Waals surface area (Å²) < 4.78 is 16.4. The molecule has 33 heavy (non-hydrogen) atoms. The van der Waals surface area contributed by atoms with Crippen molar-refractivity contribution in [2.75, 3.05) is 13.7 Å². The third-order valence-electron chi connectivity index (χ3n) is 4.92. The van der Waals surface area contributed by atoms with E-state index in [-0.39, 0.29) is 34.8 Å². The van der Waals surface area contributed by atoms with Crippen molar-refractivity contribution in [3.8, 4) is 11.5 Å². The van der Waals surface area contributed by atoms with E-state index in [1.807, 2.05) is 37.3 Å². The van der Waals surface area contributed by atoms with E-state index >= 15 is 0 Å². The number of aliphatic imine (C=N–C) groups is 1. The first-order chi connectivity index (χ1) is 15.9. The molecule has 0 saturated carbocycles. The molecule has 0 aromatic heterocycles. The summed E-state index contributed by atoms with van der Waals surface area (Å²) in [7, 11) is 1.46. The van der Waals surface area contributed by atoms with Gasteiger partial charge in [0.1, 0.15) is 0 Å². The van der Waals surface area contributed by atoms with Gasteiger partial charge in [0.25, 0.3) is 0 Å². The number of nitrogens with zero attached hydrogens (tertiary/aromatic N) is 1. The number of benzene rings is 3. The second-order valence-electron chi connectivity index (χ2n) is 7.31. The van der Waals surface area contributed by atoms with Gasteiger partial charge in [0.15, 0.2) is 29.6 Å². The van der Waals surface area contributed by atoms with Crippen LogP contribution in [0, 0.1) is 6.92 Å². The Bertz CT molecular complexity index is 1260. The molecule has 0 fully saturated rings. The summed E-state index contributed by atoms with van der Waals surface area (Å²) in [5, 5.41) is 0.233. The quantitative estimate of drug-likeness (QED) is 0.272. The van der Waals surface area contributed by atoms with Crippen LogP contribution in [-0.2, 0) is 9.53 Å². The van der Waals surface area contributed by atoms with Crippen molar-refractivity contribution in [2.45, 2.75) is 6.92 Å². The number of ketones is 1. The summed E-state index contributed by atoms with van der Waals surface area (Å²) in [5.74, 6) is 0.0532. The maximum atomic E-state index is 12.3. The van der Waals surface area contributed by atoms with Crippen molar-refractivity contribution in [2.24, 2.45) is 4.99 Å². The third-order valence-corrected chi connectivity index (χ3v) is 5.20. The van der Waals surface area contributed by atoms with Crippen LogP contribution in [0.5, 0.6) is 11.5 Å². The van der Waals surface area contributed by atoms with Crippen LogP contribution >= 0.6 is 11.6 Å². The molecule has 0 radical (unpaired) electrons. The van der Waals surface area contributed by atoms with Gasteiger partial charge >= 0.3 is 5.97 Å². The molecule has 1 aliphatic heterocycles. The molecule has 0 spiro atoms. The van der Waals surface area contributed by atoms with E-state index in [0.717, 1.165) is 5.56 Å². The number of carbonyl (C=O) groups excluding carboxylic acids is 2. The first-order valence-corrected chi connectivity index (χ1v) is 10.5. The van der Waals surface area contributed by atoms with Crippen molar-refractivity contribution in [1.29, 1.82) is 0 Å². The zero-order valence-electron chi connectivity index (χ0n) is 18.0. The summed E-state index contributed by atoms with van der Waals surface area (Å²) in [6, 6.07) is 19.6. The molecule has 0 unspecified atom stereocenters. The molecule has 4 rings (SSSR count). The Balaban J connectivity index is 1.56. The minimum Gasteiger partial charge on any atom is -0.493 e. The van der Waals surface area contributed by atoms with Crippen molar-refractivity contribution in [1.82, 2.24) is 0 Å². The summed E-state index contributed by atoms with van der Waals surface area (Å²) >= 11 is 6.41. The van der Waals surface area contributed by atoms with Gasteiger partial charge in [0, 0.05) is 11.1 Å². The zero-order valence-corrected chi connectivity index (χ0v) is 18.8. The van der Waals surface area contributed by atoms with Gasteiger partial charge in [-0.2, -0.15) is 0 Å². The van der Waals surface area contributed by atoms with Crippen molar-refractivity contribution >= 4 is 35.3 Å². The normalized spacial score (nSPS) is 14.1. The maximum Gasteiger partial charge on any atom is 0.363 e. The number of esters is 1. The Kier molecular flexibility index (Phi) is 6.56. The van der Waals surface area contributed by atoms with E-state index in [1.165, 1.54) is 7.11 Å². The van der Waals surface area contributed by atoms with Crippen LogP contribution < -0.4 is 9.47 Å². The fourth-order valence-electron chi connectivity index (χ4n) is 3.19. The number of carbonyl (C=O) groups is 2. The van der Waals surface area contributed by atoms with Gasteiger partial charge < -0.3 is 14.2 Å². The maximum absolute atomic E-state index is 12.3. The summed E-state index contributed by atoms with van der Waals surface area (Å²) in [6.07, 6.45) is 1.55. The smallest absolute Gasteiger partial charge is 0.363 e. The van der Waals surface area contributed by atoms with E-state index in [9.17, 15) is 9.59 Å². The molecular formula is C26H20ClNO5. The first-order valence-electron chi connectivity index (χ1n) is 10.1. The average Bonchev–Trinajstić information content (AvgIpc) is 3.18. The van der Waals surface area contributed by atoms with Gasteiger partial charge in [-0.3, -0.25) is 4.79 Å². The molecule has 0 bridgehead atoms. The fraction of sp³-hybridized carbons (Fsp3) is 0.115. The van der Waals surface area contributed by atoms with Crippen LogP contribution in [0.25, 0.3) is 6.08 Å². The van der Waals surface area contributed by atoms with E-state index in [2.05, 4.69) is 4.99 Å². The highest BCUT2D eigenvalue weighted by molar-refractivity contribution is 6.32. The van der Waals surface area contributed by atoms with Crippen LogP contribution in [-0.4, -0.2) is 31.4 Å². The molecule has 1 aliphatic rings. The Morgan fingerprint density at radius 3 is 2.52 bits per heavy atom. The lowest BCUT2D eigenvalue weighted by molar-refractivity contribution is -0.129. The molecule has 0 aliphatic carbocycles. The van der Waals surface area contributed by atoms with E-state index in [4.69, 9.17) is 25.8 Å². The van der Waals surface area contributed by atoms with Crippen LogP contribution in [0.4, 0.5) is 0 Å². The third kappa shape index (κ3) is 5.13. The number of ether oxygens (including phenoxy) is 3. The number of cyclic esters (lactones) is 1. The Morgan fingerprint density at radius 1 is 1.09 bits per heavy atom. The van der Waals surface area contributed by atoms with Crippen LogP contribution in [0.15, 0.2) is 77.4 Å². The number of methoxy groups -OCH3 is 1. The predicted molar refractivity (Wildman–Crippen MR) is 126 cm³/mol. The highest BCUT2D eigenvalue weighted by Gasteiger charge is 2.24. The molecule has 0 N–H and O–H groups in total. The minimum atomic E-state index is -0.561. The lowest BCUT2D eigenvalue weighted by Crippen LogP contribution is -2.12. The Hall–Kier alpha value is -3.90. The molecule has 3 aromatic rings. The van der Waals surface area contributed by atoms with Gasteiger partial charge in [-0.25, -0.2) is 9.79 Å². The largest absolute Gasteiger partial charge is 0.493 e. The topological polar surface area (TPSA) is 74.2 Å². The molecular weight excluding hydrogens is 442 g/mol. The van der Waals surface area contributed by atoms with Gasteiger partial charge in [0.2, 0.25) is 5.90 Å². The molecule has 166 valence electrons. The van der Waals surface area contributed by atoms with Gasteiger partial charge in [-0.1, -0.05) is 59.6 Å². The van der Waals surface area contributed by atoms with E-state index < -0.39 is 5.97 Å². The van der Waals surface area contributed by atoms with Gasteiger partial charge in [-0.15, -0.1) is 0 Å². The standard InChI is InChI=1S/C26H20ClNO5/c1-16-8-10-19(11-9-16)25-28-21(26(30)33-25)13-17-12-20(27)24(23(14-17)31-2)32-15-22(29)18-6-4-3-5-7-18/h3-14H,15H2,1-2H3/b21-13-. The van der Waals surface area contributed by atoms with Crippen molar-refractivity contribution in [3.63, 3.8) is 0 Å². The number of hydrogen-bond acceptors (Lipinski definition) is 6. The van der Waals surface area contributed by atoms with E-state index in [0.29, 0.717) is 22.4 Å². The van der Waals surface area contributed by atoms with Crippen LogP contribution in [0.3, 0.4) is 0 Å². The van der Waals surface area contributed by atoms with Crippen LogP contribution in [0.1, 0.15) is 27.0 Å². The monoisotopic (exact) mass is 461 g/mol. The number of halogens is 1. The van der Waals surface area contributed by atoms with Gasteiger partial charge in [-0.05, 0) is 42.8 Å². The molecule has 0 saturated heterocycles. The molecule has 7 heteroatoms. The summed E-state index contributed by atoms with van der Waals surface area (Å²) in [4.78, 5) is 29.0. The number of Topliss-reactive ketones (excluding diaryl/α,β-unsaturated/α-hetero) is 1. The average molecular weight is 462 g/mol. The molecule has 1 heterocycles. The van der Waals surface area contributed by atoms with Gasteiger partial charge in [0.05, 0.1) is 12.1 Å². The second kappa shape index (κ2) is 9.71. The van der Waals surface area contributed by atoms with E-state index in [1.54, 1.807) is 42.5 Å². The minimum absolute atomic E-state index is 0.136. The van der Waals surface area contributed by atoms with Crippen molar-refractivity contribution in [3.05, 3.63) is 99.7 Å². The van der Waals surface area contributed by atoms with Crippen LogP contribution in [0.2, 0.25) is 5.02 Å². The highest BCUT2D eigenvalue weighted by atomic mass is 35.5. The Labute approximate surface area is 196 Å². The Morgan fingerprint density at radius 2 is 1.82 bits per heavy atom. The summed E-state index contributed by atoms with van der Waals surface area (Å²) in [5.41, 5.74) is 3.04. The molecule has 0 amide bonds. The number of hydrogen-bond donors (Lipinski definition) is 0. The predicted octanol–water partition coefficient (Wildman–Crippen LogP) is 5.26. The SMILES string of the molecule is COc1cc(/C=C2\N=C(c3ccc(C)cc3)OC2=O)cc(Cl)c1OCC(=O)c1ccccc1. The molecule has 0 atom stereocenters. The number of aryl methyl sites for hydroxylation is 1. The molecule has 6 nitrogen and oxygen atoms in total. The lowest BCUT2D eigenvalue weighted by Gasteiger charge is -2.13. The summed E-state index contributed by atoms with van der Waals surface area (Å²) in [6.45, 7) is 1.77.